The number of hydrogen-bond acceptors (Lipinski definition) is 3. The van der Waals surface area contributed by atoms with Crippen LogP contribution in [-0.2, 0) is 4.74 Å². The van der Waals surface area contributed by atoms with Crippen LogP contribution in [0.4, 0.5) is 5.69 Å². The van der Waals surface area contributed by atoms with E-state index in [-0.39, 0.29) is 0 Å². The number of nitriles is 1. The summed E-state index contributed by atoms with van der Waals surface area (Å²) in [5.74, 6) is 0. The summed E-state index contributed by atoms with van der Waals surface area (Å²) >= 11 is 0. The summed E-state index contributed by atoms with van der Waals surface area (Å²) in [6.07, 6.45) is 4.45. The SMILES string of the molecule is N#CCCN(CC1CCCCO1)c1ccccc1. The quantitative estimate of drug-likeness (QED) is 0.799. The molecule has 3 nitrogen and oxygen atoms in total. The van der Waals surface area contributed by atoms with Crippen LogP contribution in [0.2, 0.25) is 0 Å². The molecule has 0 spiro atoms. The lowest BCUT2D eigenvalue weighted by Crippen LogP contribution is -2.36. The number of rotatable bonds is 5. The second kappa shape index (κ2) is 7.03. The lowest BCUT2D eigenvalue weighted by Gasteiger charge is -2.31. The molecule has 0 bridgehead atoms. The molecule has 0 radical (unpaired) electrons. The summed E-state index contributed by atoms with van der Waals surface area (Å²) in [5.41, 5.74) is 1.18. The maximum absolute atomic E-state index is 8.76. The highest BCUT2D eigenvalue weighted by molar-refractivity contribution is 5.46. The summed E-state index contributed by atoms with van der Waals surface area (Å²) in [7, 11) is 0. The predicted octanol–water partition coefficient (Wildman–Crippen LogP) is 2.98. The van der Waals surface area contributed by atoms with E-state index in [1.165, 1.54) is 18.5 Å². The number of hydrogen-bond donors (Lipinski definition) is 0. The normalized spacial score (nSPS) is 19.2. The first-order valence-corrected chi connectivity index (χ1v) is 6.68. The number of ether oxygens (including phenoxy) is 1. The Morgan fingerprint density at radius 1 is 1.28 bits per heavy atom. The Morgan fingerprint density at radius 3 is 2.78 bits per heavy atom. The van der Waals surface area contributed by atoms with Crippen molar-refractivity contribution in [3.05, 3.63) is 30.3 Å². The lowest BCUT2D eigenvalue weighted by atomic mass is 10.1. The molecule has 1 aromatic rings. The van der Waals surface area contributed by atoms with Gasteiger partial charge in [-0.15, -0.1) is 0 Å². The zero-order valence-electron chi connectivity index (χ0n) is 10.7. The molecule has 3 heteroatoms. The van der Waals surface area contributed by atoms with E-state index in [0.29, 0.717) is 12.5 Å². The number of anilines is 1. The van der Waals surface area contributed by atoms with Gasteiger partial charge in [-0.1, -0.05) is 18.2 Å². The molecule has 1 aliphatic heterocycles. The Kier molecular flexibility index (Phi) is 5.04. The molecule has 1 atom stereocenters. The second-order valence-corrected chi connectivity index (χ2v) is 4.68. The molecule has 1 heterocycles. The van der Waals surface area contributed by atoms with Crippen LogP contribution in [0.3, 0.4) is 0 Å². The predicted molar refractivity (Wildman–Crippen MR) is 72.5 cm³/mol. The van der Waals surface area contributed by atoms with E-state index >= 15 is 0 Å². The molecule has 0 saturated carbocycles. The zero-order valence-corrected chi connectivity index (χ0v) is 10.7. The first kappa shape index (κ1) is 12.9. The fourth-order valence-corrected chi connectivity index (χ4v) is 2.35. The van der Waals surface area contributed by atoms with E-state index < -0.39 is 0 Å². The Hall–Kier alpha value is -1.53. The average molecular weight is 244 g/mol. The molecule has 1 fully saturated rings. The van der Waals surface area contributed by atoms with E-state index in [4.69, 9.17) is 10.00 Å². The Bertz CT molecular complexity index is 379. The van der Waals surface area contributed by atoms with E-state index in [9.17, 15) is 0 Å². The second-order valence-electron chi connectivity index (χ2n) is 4.68. The number of nitrogens with zero attached hydrogens (tertiary/aromatic N) is 2. The van der Waals surface area contributed by atoms with Crippen molar-refractivity contribution in [3.63, 3.8) is 0 Å². The highest BCUT2D eigenvalue weighted by Gasteiger charge is 2.17. The van der Waals surface area contributed by atoms with Crippen LogP contribution in [0, 0.1) is 11.3 Å². The topological polar surface area (TPSA) is 36.3 Å². The van der Waals surface area contributed by atoms with Crippen molar-refractivity contribution in [1.29, 1.82) is 5.26 Å². The minimum atomic E-state index is 0.317. The van der Waals surface area contributed by atoms with Crippen LogP contribution >= 0.6 is 0 Å². The minimum Gasteiger partial charge on any atom is -0.376 e. The molecule has 18 heavy (non-hydrogen) atoms. The molecule has 0 amide bonds. The van der Waals surface area contributed by atoms with Crippen molar-refractivity contribution in [2.75, 3.05) is 24.6 Å². The summed E-state index contributed by atoms with van der Waals surface area (Å²) < 4.78 is 5.79. The molecule has 96 valence electrons. The Morgan fingerprint density at radius 2 is 2.11 bits per heavy atom. The van der Waals surface area contributed by atoms with Gasteiger partial charge in [0.15, 0.2) is 0 Å². The summed E-state index contributed by atoms with van der Waals surface area (Å²) in [6.45, 7) is 2.55. The van der Waals surface area contributed by atoms with Crippen LogP contribution < -0.4 is 4.90 Å². The highest BCUT2D eigenvalue weighted by Crippen LogP contribution is 2.19. The van der Waals surface area contributed by atoms with E-state index in [0.717, 1.165) is 26.1 Å². The lowest BCUT2D eigenvalue weighted by molar-refractivity contribution is 0.0210. The van der Waals surface area contributed by atoms with Crippen molar-refractivity contribution in [3.8, 4) is 6.07 Å². The summed E-state index contributed by atoms with van der Waals surface area (Å²) in [5, 5.41) is 8.76. The van der Waals surface area contributed by atoms with Crippen molar-refractivity contribution >= 4 is 5.69 Å². The van der Waals surface area contributed by atoms with Gasteiger partial charge < -0.3 is 9.64 Å². The van der Waals surface area contributed by atoms with Gasteiger partial charge in [0.05, 0.1) is 18.6 Å². The van der Waals surface area contributed by atoms with Crippen molar-refractivity contribution < 1.29 is 4.74 Å². The summed E-state index contributed by atoms with van der Waals surface area (Å²) in [6, 6.07) is 12.5. The average Bonchev–Trinajstić information content (AvgIpc) is 2.45. The first-order chi connectivity index (χ1) is 8.90. The maximum Gasteiger partial charge on any atom is 0.0749 e. The van der Waals surface area contributed by atoms with Crippen LogP contribution in [0.5, 0.6) is 0 Å². The van der Waals surface area contributed by atoms with Crippen molar-refractivity contribution in [1.82, 2.24) is 0 Å². The van der Waals surface area contributed by atoms with Gasteiger partial charge in [-0.2, -0.15) is 5.26 Å². The van der Waals surface area contributed by atoms with Gasteiger partial charge in [0, 0.05) is 25.4 Å². The molecule has 0 aliphatic carbocycles. The molecular weight excluding hydrogens is 224 g/mol. The molecule has 1 aromatic carbocycles. The van der Waals surface area contributed by atoms with Crippen LogP contribution in [0.1, 0.15) is 25.7 Å². The molecule has 1 saturated heterocycles. The van der Waals surface area contributed by atoms with Gasteiger partial charge in [-0.25, -0.2) is 0 Å². The van der Waals surface area contributed by atoms with E-state index in [1.807, 2.05) is 18.2 Å². The maximum atomic E-state index is 8.76. The molecule has 0 N–H and O–H groups in total. The molecule has 1 unspecified atom stereocenters. The Labute approximate surface area is 109 Å². The third-order valence-corrected chi connectivity index (χ3v) is 3.31. The first-order valence-electron chi connectivity index (χ1n) is 6.68. The smallest absolute Gasteiger partial charge is 0.0749 e. The van der Waals surface area contributed by atoms with Gasteiger partial charge >= 0.3 is 0 Å². The molecule has 2 rings (SSSR count). The van der Waals surface area contributed by atoms with E-state index in [2.05, 4.69) is 23.1 Å². The highest BCUT2D eigenvalue weighted by atomic mass is 16.5. The van der Waals surface area contributed by atoms with Gasteiger partial charge in [0.1, 0.15) is 0 Å². The molecule has 0 aromatic heterocycles. The van der Waals surface area contributed by atoms with E-state index in [1.54, 1.807) is 0 Å². The standard InChI is InChI=1S/C15H20N2O/c16-10-6-11-17(14-7-2-1-3-8-14)13-15-9-4-5-12-18-15/h1-3,7-8,15H,4-6,9,11-13H2. The van der Waals surface area contributed by atoms with Crippen molar-refractivity contribution in [2.24, 2.45) is 0 Å². The van der Waals surface area contributed by atoms with Crippen LogP contribution in [0.25, 0.3) is 0 Å². The Balaban J connectivity index is 1.98. The monoisotopic (exact) mass is 244 g/mol. The fraction of sp³-hybridized carbons (Fsp3) is 0.533. The minimum absolute atomic E-state index is 0.317. The number of benzene rings is 1. The van der Waals surface area contributed by atoms with Crippen LogP contribution in [0.15, 0.2) is 30.3 Å². The number of para-hydroxylation sites is 1. The fourth-order valence-electron chi connectivity index (χ4n) is 2.35. The summed E-state index contributed by atoms with van der Waals surface area (Å²) in [4.78, 5) is 2.26. The van der Waals surface area contributed by atoms with Gasteiger partial charge in [-0.3, -0.25) is 0 Å². The van der Waals surface area contributed by atoms with Gasteiger partial charge in [-0.05, 0) is 31.4 Å². The zero-order chi connectivity index (χ0) is 12.6. The van der Waals surface area contributed by atoms with Gasteiger partial charge in [0.25, 0.3) is 0 Å². The van der Waals surface area contributed by atoms with Crippen molar-refractivity contribution in [2.45, 2.75) is 31.8 Å². The van der Waals surface area contributed by atoms with Crippen LogP contribution in [-0.4, -0.2) is 25.8 Å². The largest absolute Gasteiger partial charge is 0.376 e. The third kappa shape index (κ3) is 3.75. The third-order valence-electron chi connectivity index (χ3n) is 3.31. The molecular formula is C15H20N2O. The van der Waals surface area contributed by atoms with Gasteiger partial charge in [0.2, 0.25) is 0 Å². The molecule has 1 aliphatic rings.